The Balaban J connectivity index is 4.29. The SMILES string of the molecule is C=CC(C)=CC=CC(C)=CC(=O)OCC. The molecule has 0 N–H and O–H groups in total. The molecule has 0 saturated heterocycles. The number of allylic oxidation sites excluding steroid dienone is 6. The lowest BCUT2D eigenvalue weighted by atomic mass is 10.2. The lowest BCUT2D eigenvalue weighted by molar-refractivity contribution is -0.137. The van der Waals surface area contributed by atoms with E-state index < -0.39 is 0 Å². The fraction of sp³-hybridized carbons (Fsp3) is 0.308. The van der Waals surface area contributed by atoms with Crippen LogP contribution >= 0.6 is 0 Å². The molecule has 0 aromatic heterocycles. The quantitative estimate of drug-likeness (QED) is 0.392. The van der Waals surface area contributed by atoms with Gasteiger partial charge >= 0.3 is 5.97 Å². The Morgan fingerprint density at radius 3 is 2.53 bits per heavy atom. The highest BCUT2D eigenvalue weighted by molar-refractivity contribution is 5.83. The molecule has 0 rings (SSSR count). The molecule has 2 heteroatoms. The first-order valence-corrected chi connectivity index (χ1v) is 4.92. The van der Waals surface area contributed by atoms with Gasteiger partial charge in [0.15, 0.2) is 0 Å². The maximum Gasteiger partial charge on any atom is 0.330 e. The van der Waals surface area contributed by atoms with Crippen molar-refractivity contribution in [3.63, 3.8) is 0 Å². The predicted octanol–water partition coefficient (Wildman–Crippen LogP) is 3.18. The average Bonchev–Trinajstić information content (AvgIpc) is 2.17. The first kappa shape index (κ1) is 13.4. The standard InChI is InChI=1S/C13H18O2/c1-5-11(3)8-7-9-12(4)10-13(14)15-6-2/h5,7-10H,1,6H2,2-4H3. The van der Waals surface area contributed by atoms with E-state index in [0.717, 1.165) is 11.1 Å². The van der Waals surface area contributed by atoms with Crippen LogP contribution in [0.25, 0.3) is 0 Å². The van der Waals surface area contributed by atoms with Gasteiger partial charge in [0.1, 0.15) is 0 Å². The van der Waals surface area contributed by atoms with Crippen LogP contribution in [0.4, 0.5) is 0 Å². The molecule has 0 spiro atoms. The number of carbonyl (C=O) groups excluding carboxylic acids is 1. The number of carbonyl (C=O) groups is 1. The van der Waals surface area contributed by atoms with E-state index >= 15 is 0 Å². The minimum atomic E-state index is -0.302. The number of hydrogen-bond acceptors (Lipinski definition) is 2. The van der Waals surface area contributed by atoms with Crippen molar-refractivity contribution in [3.05, 3.63) is 48.1 Å². The number of rotatable bonds is 5. The van der Waals surface area contributed by atoms with Crippen molar-refractivity contribution in [2.24, 2.45) is 0 Å². The Hall–Kier alpha value is -1.57. The Morgan fingerprint density at radius 2 is 2.00 bits per heavy atom. The lowest BCUT2D eigenvalue weighted by Crippen LogP contribution is -1.99. The number of hydrogen-bond donors (Lipinski definition) is 0. The molecule has 2 nitrogen and oxygen atoms in total. The summed E-state index contributed by atoms with van der Waals surface area (Å²) in [4.78, 5) is 11.0. The topological polar surface area (TPSA) is 26.3 Å². The summed E-state index contributed by atoms with van der Waals surface area (Å²) in [5.74, 6) is -0.302. The Kier molecular flexibility index (Phi) is 6.98. The van der Waals surface area contributed by atoms with Crippen LogP contribution in [-0.2, 0) is 9.53 Å². The molecule has 82 valence electrons. The van der Waals surface area contributed by atoms with Crippen molar-refractivity contribution in [1.29, 1.82) is 0 Å². The van der Waals surface area contributed by atoms with Crippen LogP contribution in [0, 0.1) is 0 Å². The molecule has 0 aliphatic carbocycles. The van der Waals surface area contributed by atoms with Crippen LogP contribution < -0.4 is 0 Å². The van der Waals surface area contributed by atoms with E-state index in [9.17, 15) is 4.79 Å². The van der Waals surface area contributed by atoms with E-state index in [1.807, 2.05) is 32.1 Å². The van der Waals surface area contributed by atoms with E-state index in [-0.39, 0.29) is 5.97 Å². The third kappa shape index (κ3) is 7.50. The molecule has 0 unspecified atom stereocenters. The van der Waals surface area contributed by atoms with Crippen molar-refractivity contribution in [3.8, 4) is 0 Å². The third-order valence-electron chi connectivity index (χ3n) is 1.67. The van der Waals surface area contributed by atoms with Gasteiger partial charge in [0.2, 0.25) is 0 Å². The zero-order chi connectivity index (χ0) is 11.7. The first-order valence-electron chi connectivity index (χ1n) is 4.92. The van der Waals surface area contributed by atoms with E-state index in [1.165, 1.54) is 6.08 Å². The monoisotopic (exact) mass is 206 g/mol. The van der Waals surface area contributed by atoms with Crippen molar-refractivity contribution in [2.75, 3.05) is 6.61 Å². The Bertz CT molecular complexity index is 306. The van der Waals surface area contributed by atoms with Crippen LogP contribution in [0.1, 0.15) is 20.8 Å². The molecule has 0 heterocycles. The molecule has 0 radical (unpaired) electrons. The van der Waals surface area contributed by atoms with Gasteiger partial charge in [-0.3, -0.25) is 0 Å². The fourth-order valence-electron chi connectivity index (χ4n) is 0.838. The van der Waals surface area contributed by atoms with Crippen LogP contribution in [0.2, 0.25) is 0 Å². The highest BCUT2D eigenvalue weighted by Gasteiger charge is 1.94. The molecule has 0 aromatic rings. The minimum Gasteiger partial charge on any atom is -0.463 e. The van der Waals surface area contributed by atoms with Gasteiger partial charge in [-0.05, 0) is 26.3 Å². The summed E-state index contributed by atoms with van der Waals surface area (Å²) < 4.78 is 4.78. The van der Waals surface area contributed by atoms with E-state index in [4.69, 9.17) is 4.74 Å². The summed E-state index contributed by atoms with van der Waals surface area (Å²) in [7, 11) is 0. The van der Waals surface area contributed by atoms with E-state index in [1.54, 1.807) is 13.0 Å². The van der Waals surface area contributed by atoms with Crippen LogP contribution in [0.15, 0.2) is 48.1 Å². The maximum atomic E-state index is 11.0. The van der Waals surface area contributed by atoms with Crippen LogP contribution in [-0.4, -0.2) is 12.6 Å². The summed E-state index contributed by atoms with van der Waals surface area (Å²) >= 11 is 0. The van der Waals surface area contributed by atoms with Crippen LogP contribution in [0.3, 0.4) is 0 Å². The van der Waals surface area contributed by atoms with Gasteiger partial charge in [-0.2, -0.15) is 0 Å². The number of esters is 1. The van der Waals surface area contributed by atoms with Gasteiger partial charge in [0.05, 0.1) is 6.61 Å². The first-order chi connectivity index (χ1) is 7.10. The molecule has 0 aliphatic rings. The smallest absolute Gasteiger partial charge is 0.330 e. The molecule has 0 bridgehead atoms. The molecule has 0 saturated carbocycles. The lowest BCUT2D eigenvalue weighted by Gasteiger charge is -1.95. The molecule has 0 aliphatic heterocycles. The van der Waals surface area contributed by atoms with Crippen molar-refractivity contribution < 1.29 is 9.53 Å². The average molecular weight is 206 g/mol. The highest BCUT2D eigenvalue weighted by atomic mass is 16.5. The third-order valence-corrected chi connectivity index (χ3v) is 1.67. The zero-order valence-electron chi connectivity index (χ0n) is 9.62. The second-order valence-electron chi connectivity index (χ2n) is 3.11. The van der Waals surface area contributed by atoms with Crippen molar-refractivity contribution in [1.82, 2.24) is 0 Å². The van der Waals surface area contributed by atoms with Crippen LogP contribution in [0.5, 0.6) is 0 Å². The molecule has 0 aromatic carbocycles. The summed E-state index contributed by atoms with van der Waals surface area (Å²) in [5.41, 5.74) is 1.94. The number of ether oxygens (including phenoxy) is 1. The molecule has 15 heavy (non-hydrogen) atoms. The minimum absolute atomic E-state index is 0.302. The molecule has 0 amide bonds. The van der Waals surface area contributed by atoms with Gasteiger partial charge in [-0.1, -0.05) is 36.5 Å². The molecular weight excluding hydrogens is 188 g/mol. The normalized spacial score (nSPS) is 13.0. The maximum absolute atomic E-state index is 11.0. The summed E-state index contributed by atoms with van der Waals surface area (Å²) in [6.07, 6.45) is 8.90. The zero-order valence-corrected chi connectivity index (χ0v) is 9.62. The molecule has 0 fully saturated rings. The summed E-state index contributed by atoms with van der Waals surface area (Å²) in [5, 5.41) is 0. The molecular formula is C13H18O2. The van der Waals surface area contributed by atoms with Gasteiger partial charge in [-0.15, -0.1) is 0 Å². The Morgan fingerprint density at radius 1 is 1.33 bits per heavy atom. The fourth-order valence-corrected chi connectivity index (χ4v) is 0.838. The van der Waals surface area contributed by atoms with E-state index in [0.29, 0.717) is 6.61 Å². The van der Waals surface area contributed by atoms with Gasteiger partial charge < -0.3 is 4.74 Å². The predicted molar refractivity (Wildman–Crippen MR) is 63.5 cm³/mol. The highest BCUT2D eigenvalue weighted by Crippen LogP contribution is 1.99. The molecule has 0 atom stereocenters. The summed E-state index contributed by atoms with van der Waals surface area (Å²) in [6, 6.07) is 0. The van der Waals surface area contributed by atoms with Gasteiger partial charge in [-0.25, -0.2) is 4.79 Å². The van der Waals surface area contributed by atoms with Crippen molar-refractivity contribution >= 4 is 5.97 Å². The van der Waals surface area contributed by atoms with Gasteiger partial charge in [0, 0.05) is 6.08 Å². The largest absolute Gasteiger partial charge is 0.463 e. The second kappa shape index (κ2) is 7.80. The van der Waals surface area contributed by atoms with E-state index in [2.05, 4.69) is 6.58 Å². The summed E-state index contributed by atoms with van der Waals surface area (Å²) in [6.45, 7) is 9.64. The Labute approximate surface area is 91.6 Å². The van der Waals surface area contributed by atoms with Gasteiger partial charge in [0.25, 0.3) is 0 Å². The second-order valence-corrected chi connectivity index (χ2v) is 3.11. The van der Waals surface area contributed by atoms with Crippen molar-refractivity contribution in [2.45, 2.75) is 20.8 Å².